The molecule has 0 aliphatic heterocycles. The molecule has 2 aromatic carbocycles. The minimum Gasteiger partial charge on any atom is -0.384 e. The number of aliphatic hydroxyl groups is 1. The molecule has 0 saturated heterocycles. The quantitative estimate of drug-likeness (QED) is 0.867. The molecule has 2 aromatic rings. The lowest BCUT2D eigenvalue weighted by Gasteiger charge is -2.18. The molecule has 1 unspecified atom stereocenters. The Balaban J connectivity index is 2.50. The molecule has 0 amide bonds. The van der Waals surface area contributed by atoms with Crippen molar-refractivity contribution in [2.75, 3.05) is 0 Å². The van der Waals surface area contributed by atoms with Crippen LogP contribution in [0, 0.1) is 13.8 Å². The standard InChI is InChI=1S/C17H19ClO/c1-4-13-7-5-6-8-14(13)17(19)15-9-11(2)12(3)10-16(15)18/h5-10,17,19H,4H2,1-3H3. The summed E-state index contributed by atoms with van der Waals surface area (Å²) in [5, 5.41) is 11.2. The van der Waals surface area contributed by atoms with Gasteiger partial charge >= 0.3 is 0 Å². The van der Waals surface area contributed by atoms with Gasteiger partial charge in [-0.3, -0.25) is 0 Å². The molecular weight excluding hydrogens is 256 g/mol. The fourth-order valence-corrected chi connectivity index (χ4v) is 2.62. The molecule has 0 heterocycles. The zero-order chi connectivity index (χ0) is 14.0. The van der Waals surface area contributed by atoms with Crippen LogP contribution >= 0.6 is 11.6 Å². The molecule has 0 spiro atoms. The van der Waals surface area contributed by atoms with Crippen molar-refractivity contribution in [3.8, 4) is 0 Å². The summed E-state index contributed by atoms with van der Waals surface area (Å²) in [4.78, 5) is 0. The highest BCUT2D eigenvalue weighted by Crippen LogP contribution is 2.32. The minimum atomic E-state index is -0.664. The van der Waals surface area contributed by atoms with Gasteiger partial charge in [0.15, 0.2) is 0 Å². The molecular formula is C17H19ClO. The second-order valence-corrected chi connectivity index (χ2v) is 5.32. The van der Waals surface area contributed by atoms with E-state index in [1.807, 2.05) is 50.2 Å². The van der Waals surface area contributed by atoms with Crippen LogP contribution in [0.25, 0.3) is 0 Å². The normalized spacial score (nSPS) is 12.5. The topological polar surface area (TPSA) is 20.2 Å². The van der Waals surface area contributed by atoms with Crippen LogP contribution in [0.2, 0.25) is 5.02 Å². The molecule has 100 valence electrons. The Kier molecular flexibility index (Phi) is 4.28. The summed E-state index contributed by atoms with van der Waals surface area (Å²) in [6, 6.07) is 11.9. The summed E-state index contributed by atoms with van der Waals surface area (Å²) in [7, 11) is 0. The van der Waals surface area contributed by atoms with E-state index in [0.29, 0.717) is 5.02 Å². The van der Waals surface area contributed by atoms with Crippen LogP contribution in [0.15, 0.2) is 36.4 Å². The van der Waals surface area contributed by atoms with E-state index < -0.39 is 6.10 Å². The lowest BCUT2D eigenvalue weighted by molar-refractivity contribution is 0.219. The van der Waals surface area contributed by atoms with Crippen LogP contribution in [0.3, 0.4) is 0 Å². The molecule has 0 fully saturated rings. The van der Waals surface area contributed by atoms with E-state index in [9.17, 15) is 5.11 Å². The number of rotatable bonds is 3. The van der Waals surface area contributed by atoms with E-state index in [0.717, 1.165) is 34.2 Å². The van der Waals surface area contributed by atoms with Gasteiger partial charge in [0.2, 0.25) is 0 Å². The third-order valence-electron chi connectivity index (χ3n) is 3.64. The first-order valence-electron chi connectivity index (χ1n) is 6.57. The predicted molar refractivity (Wildman–Crippen MR) is 80.8 cm³/mol. The van der Waals surface area contributed by atoms with E-state index in [4.69, 9.17) is 11.6 Å². The van der Waals surface area contributed by atoms with Gasteiger partial charge in [-0.15, -0.1) is 0 Å². The minimum absolute atomic E-state index is 0.626. The van der Waals surface area contributed by atoms with Crippen molar-refractivity contribution in [1.29, 1.82) is 0 Å². The first kappa shape index (κ1) is 14.1. The van der Waals surface area contributed by atoms with E-state index in [2.05, 4.69) is 6.92 Å². The van der Waals surface area contributed by atoms with Gasteiger partial charge in [-0.2, -0.15) is 0 Å². The molecule has 2 heteroatoms. The predicted octanol–water partition coefficient (Wildman–Crippen LogP) is 4.60. The molecule has 0 bridgehead atoms. The van der Waals surface area contributed by atoms with Crippen molar-refractivity contribution in [2.24, 2.45) is 0 Å². The Hall–Kier alpha value is -1.31. The molecule has 0 radical (unpaired) electrons. The van der Waals surface area contributed by atoms with Crippen molar-refractivity contribution in [2.45, 2.75) is 33.3 Å². The van der Waals surface area contributed by atoms with E-state index in [-0.39, 0.29) is 0 Å². The van der Waals surface area contributed by atoms with Crippen molar-refractivity contribution in [1.82, 2.24) is 0 Å². The zero-order valence-electron chi connectivity index (χ0n) is 11.6. The van der Waals surface area contributed by atoms with Crippen molar-refractivity contribution >= 4 is 11.6 Å². The van der Waals surface area contributed by atoms with E-state index >= 15 is 0 Å². The van der Waals surface area contributed by atoms with Crippen molar-refractivity contribution < 1.29 is 5.11 Å². The van der Waals surface area contributed by atoms with Gasteiger partial charge in [0.05, 0.1) is 0 Å². The summed E-state index contributed by atoms with van der Waals surface area (Å²) in [5.74, 6) is 0. The maximum Gasteiger partial charge on any atom is 0.106 e. The highest BCUT2D eigenvalue weighted by atomic mass is 35.5. The number of benzene rings is 2. The van der Waals surface area contributed by atoms with Crippen LogP contribution in [-0.4, -0.2) is 5.11 Å². The largest absolute Gasteiger partial charge is 0.384 e. The molecule has 0 aliphatic carbocycles. The number of aliphatic hydroxyl groups excluding tert-OH is 1. The maximum absolute atomic E-state index is 10.6. The molecule has 0 saturated carbocycles. The third kappa shape index (κ3) is 2.83. The van der Waals surface area contributed by atoms with E-state index in [1.165, 1.54) is 0 Å². The monoisotopic (exact) mass is 274 g/mol. The van der Waals surface area contributed by atoms with Gasteiger partial charge in [0, 0.05) is 10.6 Å². The zero-order valence-corrected chi connectivity index (χ0v) is 12.3. The Morgan fingerprint density at radius 2 is 1.68 bits per heavy atom. The van der Waals surface area contributed by atoms with E-state index in [1.54, 1.807) is 0 Å². The Labute approximate surface area is 119 Å². The van der Waals surface area contributed by atoms with Gasteiger partial charge < -0.3 is 5.11 Å². The molecule has 0 aliphatic rings. The summed E-state index contributed by atoms with van der Waals surface area (Å²) in [6.45, 7) is 6.15. The lowest BCUT2D eigenvalue weighted by Crippen LogP contribution is -2.05. The first-order valence-corrected chi connectivity index (χ1v) is 6.95. The molecule has 0 aromatic heterocycles. The van der Waals surface area contributed by atoms with Crippen LogP contribution in [0.5, 0.6) is 0 Å². The number of hydrogen-bond acceptors (Lipinski definition) is 1. The fraction of sp³-hybridized carbons (Fsp3) is 0.294. The molecule has 1 N–H and O–H groups in total. The maximum atomic E-state index is 10.6. The summed E-state index contributed by atoms with van der Waals surface area (Å²) in [6.07, 6.45) is 0.235. The average Bonchev–Trinajstić information content (AvgIpc) is 2.42. The SMILES string of the molecule is CCc1ccccc1C(O)c1cc(C)c(C)cc1Cl. The van der Waals surface area contributed by atoms with Crippen LogP contribution in [-0.2, 0) is 6.42 Å². The number of hydrogen-bond donors (Lipinski definition) is 1. The van der Waals surface area contributed by atoms with Gasteiger partial charge in [-0.05, 0) is 48.6 Å². The van der Waals surface area contributed by atoms with Gasteiger partial charge in [0.1, 0.15) is 6.10 Å². The number of aryl methyl sites for hydroxylation is 3. The molecule has 1 atom stereocenters. The Bertz CT molecular complexity index is 590. The van der Waals surface area contributed by atoms with Gasteiger partial charge in [-0.25, -0.2) is 0 Å². The Morgan fingerprint density at radius 1 is 1.05 bits per heavy atom. The second kappa shape index (κ2) is 5.77. The average molecular weight is 275 g/mol. The first-order chi connectivity index (χ1) is 9.04. The smallest absolute Gasteiger partial charge is 0.106 e. The summed E-state index contributed by atoms with van der Waals surface area (Å²) >= 11 is 6.28. The summed E-state index contributed by atoms with van der Waals surface area (Å²) in [5.41, 5.74) is 5.17. The summed E-state index contributed by atoms with van der Waals surface area (Å²) < 4.78 is 0. The third-order valence-corrected chi connectivity index (χ3v) is 3.97. The molecule has 1 nitrogen and oxygen atoms in total. The van der Waals surface area contributed by atoms with Crippen LogP contribution in [0.4, 0.5) is 0 Å². The van der Waals surface area contributed by atoms with Crippen LogP contribution < -0.4 is 0 Å². The second-order valence-electron chi connectivity index (χ2n) is 4.91. The van der Waals surface area contributed by atoms with Crippen LogP contribution in [0.1, 0.15) is 40.8 Å². The van der Waals surface area contributed by atoms with Crippen molar-refractivity contribution in [3.05, 3.63) is 69.2 Å². The highest BCUT2D eigenvalue weighted by molar-refractivity contribution is 6.31. The molecule has 2 rings (SSSR count). The molecule has 19 heavy (non-hydrogen) atoms. The van der Waals surface area contributed by atoms with Gasteiger partial charge in [0.25, 0.3) is 0 Å². The van der Waals surface area contributed by atoms with Crippen molar-refractivity contribution in [3.63, 3.8) is 0 Å². The fourth-order valence-electron chi connectivity index (χ4n) is 2.30. The van der Waals surface area contributed by atoms with Gasteiger partial charge in [-0.1, -0.05) is 48.9 Å². The number of halogens is 1. The lowest BCUT2D eigenvalue weighted by atomic mass is 9.93. The highest BCUT2D eigenvalue weighted by Gasteiger charge is 2.17. The Morgan fingerprint density at radius 3 is 2.37 bits per heavy atom.